The maximum atomic E-state index is 11.1. The molecule has 2 amide bonds. The molecule has 0 rings (SSSR count). The first kappa shape index (κ1) is 11.7. The van der Waals surface area contributed by atoms with Crippen LogP contribution in [0.25, 0.3) is 0 Å². The van der Waals surface area contributed by atoms with Gasteiger partial charge in [0.2, 0.25) is 0 Å². The van der Waals surface area contributed by atoms with Crippen molar-refractivity contribution < 1.29 is 19.8 Å². The summed E-state index contributed by atoms with van der Waals surface area (Å²) in [6, 6.07) is -1.43. The summed E-state index contributed by atoms with van der Waals surface area (Å²) in [7, 11) is 1.47. The Labute approximate surface area is 76.2 Å². The zero-order valence-electron chi connectivity index (χ0n) is 7.65. The smallest absolute Gasteiger partial charge is 0.325 e. The molecule has 0 saturated carbocycles. The molecule has 1 atom stereocenters. The van der Waals surface area contributed by atoms with Gasteiger partial charge in [0.1, 0.15) is 6.04 Å². The monoisotopic (exact) mass is 190 g/mol. The summed E-state index contributed by atoms with van der Waals surface area (Å²) in [6.07, 6.45) is 0. The van der Waals surface area contributed by atoms with Crippen molar-refractivity contribution in [1.82, 2.24) is 10.2 Å². The Morgan fingerprint density at radius 2 is 2.08 bits per heavy atom. The van der Waals surface area contributed by atoms with Gasteiger partial charge in [0.25, 0.3) is 0 Å². The van der Waals surface area contributed by atoms with Gasteiger partial charge < -0.3 is 20.4 Å². The number of likely N-dealkylation sites (N-methyl/N-ethyl adjacent to an activating group) is 1. The van der Waals surface area contributed by atoms with Crippen molar-refractivity contribution in [2.75, 3.05) is 20.2 Å². The van der Waals surface area contributed by atoms with Gasteiger partial charge in [-0.2, -0.15) is 0 Å². The molecule has 0 spiro atoms. The number of nitrogens with zero attached hydrogens (tertiary/aromatic N) is 1. The molecule has 0 aliphatic carbocycles. The highest BCUT2D eigenvalue weighted by atomic mass is 16.4. The quantitative estimate of drug-likeness (QED) is 0.535. The van der Waals surface area contributed by atoms with E-state index in [-0.39, 0.29) is 13.2 Å². The number of hydrogen-bond acceptors (Lipinski definition) is 3. The molecule has 6 nitrogen and oxygen atoms in total. The molecule has 0 unspecified atom stereocenters. The van der Waals surface area contributed by atoms with Crippen molar-refractivity contribution in [3.8, 4) is 0 Å². The number of aliphatic hydroxyl groups excluding tert-OH is 1. The SMILES string of the molecule is C[C@H](NC(=O)N(C)CCO)C(=O)O. The summed E-state index contributed by atoms with van der Waals surface area (Å²) >= 11 is 0. The lowest BCUT2D eigenvalue weighted by atomic mass is 10.3. The van der Waals surface area contributed by atoms with Gasteiger partial charge in [0.05, 0.1) is 6.61 Å². The van der Waals surface area contributed by atoms with Crippen molar-refractivity contribution >= 4 is 12.0 Å². The number of carbonyl (C=O) groups excluding carboxylic acids is 1. The second-order valence-electron chi connectivity index (χ2n) is 2.65. The fourth-order valence-electron chi connectivity index (χ4n) is 0.609. The molecule has 3 N–H and O–H groups in total. The summed E-state index contributed by atoms with van der Waals surface area (Å²) in [5.74, 6) is -1.09. The van der Waals surface area contributed by atoms with Crippen LogP contribution in [0.1, 0.15) is 6.92 Å². The van der Waals surface area contributed by atoms with Crippen LogP contribution in [0, 0.1) is 0 Å². The van der Waals surface area contributed by atoms with E-state index in [2.05, 4.69) is 5.32 Å². The highest BCUT2D eigenvalue weighted by Gasteiger charge is 2.15. The van der Waals surface area contributed by atoms with Crippen LogP contribution in [0.2, 0.25) is 0 Å². The van der Waals surface area contributed by atoms with E-state index in [1.165, 1.54) is 18.9 Å². The predicted octanol–water partition coefficient (Wildman–Crippen LogP) is -0.907. The van der Waals surface area contributed by atoms with Crippen molar-refractivity contribution in [3.63, 3.8) is 0 Å². The first-order valence-corrected chi connectivity index (χ1v) is 3.84. The van der Waals surface area contributed by atoms with E-state index < -0.39 is 18.0 Å². The third-order valence-electron chi connectivity index (χ3n) is 1.49. The molecule has 13 heavy (non-hydrogen) atoms. The maximum Gasteiger partial charge on any atom is 0.325 e. The van der Waals surface area contributed by atoms with E-state index in [9.17, 15) is 9.59 Å². The number of aliphatic hydroxyl groups is 1. The fourth-order valence-corrected chi connectivity index (χ4v) is 0.609. The van der Waals surface area contributed by atoms with E-state index in [4.69, 9.17) is 10.2 Å². The predicted molar refractivity (Wildman–Crippen MR) is 45.3 cm³/mol. The minimum absolute atomic E-state index is 0.147. The van der Waals surface area contributed by atoms with Crippen molar-refractivity contribution in [2.24, 2.45) is 0 Å². The zero-order chi connectivity index (χ0) is 10.4. The van der Waals surface area contributed by atoms with Crippen molar-refractivity contribution in [2.45, 2.75) is 13.0 Å². The molecule has 76 valence electrons. The Morgan fingerprint density at radius 1 is 1.54 bits per heavy atom. The molecule has 0 aromatic rings. The highest BCUT2D eigenvalue weighted by Crippen LogP contribution is 1.87. The maximum absolute atomic E-state index is 11.1. The third kappa shape index (κ3) is 4.32. The zero-order valence-corrected chi connectivity index (χ0v) is 7.65. The fraction of sp³-hybridized carbons (Fsp3) is 0.714. The highest BCUT2D eigenvalue weighted by molar-refractivity contribution is 5.82. The minimum Gasteiger partial charge on any atom is -0.480 e. The summed E-state index contributed by atoms with van der Waals surface area (Å²) in [4.78, 5) is 22.6. The largest absolute Gasteiger partial charge is 0.480 e. The first-order valence-electron chi connectivity index (χ1n) is 3.84. The Balaban J connectivity index is 3.92. The van der Waals surface area contributed by atoms with Gasteiger partial charge in [0.15, 0.2) is 0 Å². The van der Waals surface area contributed by atoms with Crippen LogP contribution in [-0.2, 0) is 4.79 Å². The standard InChI is InChI=1S/C7H14N2O4/c1-5(6(11)12)8-7(13)9(2)3-4-10/h5,10H,3-4H2,1-2H3,(H,8,13)(H,11,12)/t5-/m0/s1. The number of urea groups is 1. The summed E-state index contributed by atoms with van der Waals surface area (Å²) in [5, 5.41) is 19.2. The molecule has 6 heteroatoms. The third-order valence-corrected chi connectivity index (χ3v) is 1.49. The average molecular weight is 190 g/mol. The van der Waals surface area contributed by atoms with Crippen LogP contribution in [0.15, 0.2) is 0 Å². The molecule has 0 heterocycles. The first-order chi connectivity index (χ1) is 5.99. The topological polar surface area (TPSA) is 89.9 Å². The van der Waals surface area contributed by atoms with Crippen LogP contribution in [-0.4, -0.2) is 53.4 Å². The van der Waals surface area contributed by atoms with Crippen LogP contribution >= 0.6 is 0 Å². The van der Waals surface area contributed by atoms with Crippen LogP contribution in [0.5, 0.6) is 0 Å². The Kier molecular flexibility index (Phi) is 4.83. The van der Waals surface area contributed by atoms with E-state index in [0.717, 1.165) is 0 Å². The minimum atomic E-state index is -1.09. The second kappa shape index (κ2) is 5.36. The number of carbonyl (C=O) groups is 2. The molecule has 0 aromatic carbocycles. The van der Waals surface area contributed by atoms with Gasteiger partial charge in [-0.25, -0.2) is 4.79 Å². The number of aliphatic carboxylic acids is 1. The summed E-state index contributed by atoms with van der Waals surface area (Å²) in [6.45, 7) is 1.40. The van der Waals surface area contributed by atoms with E-state index in [1.54, 1.807) is 0 Å². The molecule has 0 aliphatic heterocycles. The second-order valence-corrected chi connectivity index (χ2v) is 2.65. The van der Waals surface area contributed by atoms with Crippen molar-refractivity contribution in [1.29, 1.82) is 0 Å². The molecule has 0 bridgehead atoms. The number of amides is 2. The Hall–Kier alpha value is -1.30. The normalized spacial score (nSPS) is 11.9. The number of rotatable bonds is 4. The Bertz CT molecular complexity index is 195. The molecule has 0 radical (unpaired) electrons. The van der Waals surface area contributed by atoms with Gasteiger partial charge in [0, 0.05) is 13.6 Å². The molecular weight excluding hydrogens is 176 g/mol. The lowest BCUT2D eigenvalue weighted by molar-refractivity contribution is -0.138. The van der Waals surface area contributed by atoms with E-state index in [1.807, 2.05) is 0 Å². The Morgan fingerprint density at radius 3 is 2.46 bits per heavy atom. The van der Waals surface area contributed by atoms with Crippen molar-refractivity contribution in [3.05, 3.63) is 0 Å². The number of hydrogen-bond donors (Lipinski definition) is 3. The van der Waals surface area contributed by atoms with E-state index >= 15 is 0 Å². The van der Waals surface area contributed by atoms with Crippen LogP contribution in [0.3, 0.4) is 0 Å². The number of carboxylic acid groups (broad SMARTS) is 1. The molecule has 0 saturated heterocycles. The lowest BCUT2D eigenvalue weighted by Crippen LogP contribution is -2.45. The summed E-state index contributed by atoms with van der Waals surface area (Å²) in [5.41, 5.74) is 0. The van der Waals surface area contributed by atoms with E-state index in [0.29, 0.717) is 0 Å². The van der Waals surface area contributed by atoms with Gasteiger partial charge >= 0.3 is 12.0 Å². The number of nitrogens with one attached hydrogen (secondary N) is 1. The molecular formula is C7H14N2O4. The summed E-state index contributed by atoms with van der Waals surface area (Å²) < 4.78 is 0. The van der Waals surface area contributed by atoms with Gasteiger partial charge in [-0.05, 0) is 6.92 Å². The molecule has 0 aromatic heterocycles. The number of carboxylic acids is 1. The van der Waals surface area contributed by atoms with Gasteiger partial charge in [-0.1, -0.05) is 0 Å². The lowest BCUT2D eigenvalue weighted by Gasteiger charge is -2.18. The molecule has 0 aliphatic rings. The van der Waals surface area contributed by atoms with Crippen LogP contribution in [0.4, 0.5) is 4.79 Å². The molecule has 0 fully saturated rings. The van der Waals surface area contributed by atoms with Crippen LogP contribution < -0.4 is 5.32 Å². The van der Waals surface area contributed by atoms with Gasteiger partial charge in [-0.3, -0.25) is 4.79 Å². The average Bonchev–Trinajstić information content (AvgIpc) is 2.04. The van der Waals surface area contributed by atoms with Gasteiger partial charge in [-0.15, -0.1) is 0 Å².